The van der Waals surface area contributed by atoms with Crippen LogP contribution < -0.4 is 5.73 Å². The minimum absolute atomic E-state index is 0.000566. The van der Waals surface area contributed by atoms with E-state index in [1.165, 1.54) is 6.07 Å². The van der Waals surface area contributed by atoms with Crippen molar-refractivity contribution in [1.29, 1.82) is 0 Å². The molecular formula is C10H11F4NO. The molecule has 1 unspecified atom stereocenters. The molecular weight excluding hydrogens is 226 g/mol. The Balaban J connectivity index is 3.17. The van der Waals surface area contributed by atoms with Gasteiger partial charge in [0.05, 0.1) is 12.2 Å². The molecule has 0 spiro atoms. The maximum Gasteiger partial charge on any atom is 0.419 e. The van der Waals surface area contributed by atoms with E-state index in [1.54, 1.807) is 0 Å². The average molecular weight is 237 g/mol. The van der Waals surface area contributed by atoms with E-state index in [0.717, 1.165) is 6.07 Å². The summed E-state index contributed by atoms with van der Waals surface area (Å²) >= 11 is 0. The Morgan fingerprint density at radius 2 is 1.94 bits per heavy atom. The summed E-state index contributed by atoms with van der Waals surface area (Å²) in [5, 5.41) is 8.89. The molecule has 0 fully saturated rings. The predicted octanol–water partition coefficient (Wildman–Crippen LogP) is 1.88. The molecule has 0 radical (unpaired) electrons. The maximum atomic E-state index is 12.9. The van der Waals surface area contributed by atoms with E-state index < -0.39 is 23.5 Å². The van der Waals surface area contributed by atoms with Crippen molar-refractivity contribution in [3.8, 4) is 0 Å². The van der Waals surface area contributed by atoms with Crippen LogP contribution in [0, 0.1) is 5.82 Å². The first kappa shape index (κ1) is 12.9. The summed E-state index contributed by atoms with van der Waals surface area (Å²) in [6.07, 6.45) is -4.74. The second-order valence-electron chi connectivity index (χ2n) is 3.35. The van der Waals surface area contributed by atoms with Gasteiger partial charge in [0.1, 0.15) is 5.82 Å². The summed E-state index contributed by atoms with van der Waals surface area (Å²) in [5.74, 6) is -1.94. The lowest BCUT2D eigenvalue weighted by molar-refractivity contribution is -0.140. The second kappa shape index (κ2) is 4.80. The van der Waals surface area contributed by atoms with Gasteiger partial charge in [0.15, 0.2) is 0 Å². The van der Waals surface area contributed by atoms with Crippen molar-refractivity contribution in [2.75, 3.05) is 13.2 Å². The third-order valence-electron chi connectivity index (χ3n) is 2.27. The van der Waals surface area contributed by atoms with Gasteiger partial charge in [-0.25, -0.2) is 4.39 Å². The number of hydrogen-bond acceptors (Lipinski definition) is 2. The molecule has 1 aromatic carbocycles. The van der Waals surface area contributed by atoms with E-state index in [2.05, 4.69) is 0 Å². The van der Waals surface area contributed by atoms with Gasteiger partial charge in [0.25, 0.3) is 0 Å². The van der Waals surface area contributed by atoms with Crippen LogP contribution in [-0.4, -0.2) is 18.3 Å². The molecule has 0 aliphatic heterocycles. The van der Waals surface area contributed by atoms with E-state index in [4.69, 9.17) is 10.8 Å². The topological polar surface area (TPSA) is 46.2 Å². The highest BCUT2D eigenvalue weighted by atomic mass is 19.4. The fraction of sp³-hybridized carbons (Fsp3) is 0.400. The van der Waals surface area contributed by atoms with Crippen molar-refractivity contribution in [3.05, 3.63) is 35.1 Å². The van der Waals surface area contributed by atoms with Gasteiger partial charge >= 0.3 is 6.18 Å². The number of halogens is 4. The molecule has 0 aromatic heterocycles. The van der Waals surface area contributed by atoms with Crippen molar-refractivity contribution in [2.45, 2.75) is 12.1 Å². The molecule has 0 saturated carbocycles. The lowest BCUT2D eigenvalue weighted by atomic mass is 9.98. The number of alkyl halides is 3. The van der Waals surface area contributed by atoms with E-state index in [0.29, 0.717) is 6.07 Å². The Bertz CT molecular complexity index is 360. The molecule has 0 aliphatic carbocycles. The zero-order chi connectivity index (χ0) is 12.3. The fourth-order valence-corrected chi connectivity index (χ4v) is 1.33. The van der Waals surface area contributed by atoms with Crippen LogP contribution in [0.25, 0.3) is 0 Å². The van der Waals surface area contributed by atoms with E-state index in [9.17, 15) is 17.6 Å². The standard InChI is InChI=1S/C10H11F4NO/c11-9-2-1-6(7(4-15)5-16)3-8(9)10(12,13)14/h1-3,7,16H,4-5,15H2. The molecule has 0 heterocycles. The minimum Gasteiger partial charge on any atom is -0.396 e. The third kappa shape index (κ3) is 2.70. The zero-order valence-corrected chi connectivity index (χ0v) is 8.26. The minimum atomic E-state index is -4.74. The number of benzene rings is 1. The van der Waals surface area contributed by atoms with Crippen molar-refractivity contribution < 1.29 is 22.7 Å². The summed E-state index contributed by atoms with van der Waals surface area (Å²) in [7, 11) is 0. The van der Waals surface area contributed by atoms with Gasteiger partial charge in [-0.05, 0) is 17.7 Å². The summed E-state index contributed by atoms with van der Waals surface area (Å²) in [5.41, 5.74) is 4.12. The number of aliphatic hydroxyl groups excluding tert-OH is 1. The van der Waals surface area contributed by atoms with Crippen LogP contribution in [-0.2, 0) is 6.18 Å². The molecule has 90 valence electrons. The molecule has 1 atom stereocenters. The van der Waals surface area contributed by atoms with Crippen LogP contribution >= 0.6 is 0 Å². The monoisotopic (exact) mass is 237 g/mol. The first-order valence-electron chi connectivity index (χ1n) is 4.57. The number of aliphatic hydroxyl groups is 1. The quantitative estimate of drug-likeness (QED) is 0.788. The molecule has 2 nitrogen and oxygen atoms in total. The summed E-state index contributed by atoms with van der Waals surface area (Å²) in [4.78, 5) is 0. The van der Waals surface area contributed by atoms with E-state index in [-0.39, 0.29) is 18.7 Å². The SMILES string of the molecule is NCC(CO)c1ccc(F)c(C(F)(F)F)c1. The van der Waals surface area contributed by atoms with Gasteiger partial charge in [-0.15, -0.1) is 0 Å². The molecule has 3 N–H and O–H groups in total. The largest absolute Gasteiger partial charge is 0.419 e. The van der Waals surface area contributed by atoms with E-state index >= 15 is 0 Å². The van der Waals surface area contributed by atoms with Crippen LogP contribution in [0.3, 0.4) is 0 Å². The molecule has 0 saturated heterocycles. The number of nitrogens with two attached hydrogens (primary N) is 1. The Hall–Kier alpha value is -1.14. The molecule has 0 aliphatic rings. The van der Waals surface area contributed by atoms with Crippen LogP contribution in [0.4, 0.5) is 17.6 Å². The van der Waals surface area contributed by atoms with Crippen molar-refractivity contribution in [2.24, 2.45) is 5.73 Å². The Kier molecular flexibility index (Phi) is 3.88. The Labute approximate surface area is 89.7 Å². The first-order valence-corrected chi connectivity index (χ1v) is 4.57. The average Bonchev–Trinajstić information content (AvgIpc) is 2.20. The van der Waals surface area contributed by atoms with Gasteiger partial charge < -0.3 is 10.8 Å². The second-order valence-corrected chi connectivity index (χ2v) is 3.35. The van der Waals surface area contributed by atoms with Crippen LogP contribution in [0.5, 0.6) is 0 Å². The highest BCUT2D eigenvalue weighted by molar-refractivity contribution is 5.30. The Morgan fingerprint density at radius 1 is 1.31 bits per heavy atom. The third-order valence-corrected chi connectivity index (χ3v) is 2.27. The summed E-state index contributed by atoms with van der Waals surface area (Å²) < 4.78 is 50.0. The molecule has 16 heavy (non-hydrogen) atoms. The van der Waals surface area contributed by atoms with Gasteiger partial charge in [-0.3, -0.25) is 0 Å². The smallest absolute Gasteiger partial charge is 0.396 e. The van der Waals surface area contributed by atoms with Gasteiger partial charge in [0, 0.05) is 12.5 Å². The first-order chi connectivity index (χ1) is 7.40. The zero-order valence-electron chi connectivity index (χ0n) is 8.26. The number of rotatable bonds is 3. The normalized spacial score (nSPS) is 13.9. The highest BCUT2D eigenvalue weighted by Gasteiger charge is 2.34. The molecule has 1 aromatic rings. The predicted molar refractivity (Wildman–Crippen MR) is 50.3 cm³/mol. The lowest BCUT2D eigenvalue weighted by Gasteiger charge is -2.15. The summed E-state index contributed by atoms with van der Waals surface area (Å²) in [6, 6.07) is 2.61. The number of hydrogen-bond donors (Lipinski definition) is 2. The van der Waals surface area contributed by atoms with E-state index in [1.807, 2.05) is 0 Å². The van der Waals surface area contributed by atoms with Crippen molar-refractivity contribution >= 4 is 0 Å². The van der Waals surface area contributed by atoms with Gasteiger partial charge in [-0.1, -0.05) is 6.07 Å². The lowest BCUT2D eigenvalue weighted by Crippen LogP contribution is -2.17. The van der Waals surface area contributed by atoms with Crippen molar-refractivity contribution in [1.82, 2.24) is 0 Å². The van der Waals surface area contributed by atoms with Gasteiger partial charge in [-0.2, -0.15) is 13.2 Å². The molecule has 1 rings (SSSR count). The Morgan fingerprint density at radius 3 is 2.38 bits per heavy atom. The fourth-order valence-electron chi connectivity index (χ4n) is 1.33. The molecule has 0 bridgehead atoms. The maximum absolute atomic E-state index is 12.9. The van der Waals surface area contributed by atoms with Crippen LogP contribution in [0.15, 0.2) is 18.2 Å². The van der Waals surface area contributed by atoms with Crippen LogP contribution in [0.2, 0.25) is 0 Å². The summed E-state index contributed by atoms with van der Waals surface area (Å²) in [6.45, 7) is -0.376. The van der Waals surface area contributed by atoms with Crippen LogP contribution in [0.1, 0.15) is 17.0 Å². The molecule has 0 amide bonds. The van der Waals surface area contributed by atoms with Crippen molar-refractivity contribution in [3.63, 3.8) is 0 Å². The molecule has 6 heteroatoms. The highest BCUT2D eigenvalue weighted by Crippen LogP contribution is 2.33. The van der Waals surface area contributed by atoms with Gasteiger partial charge in [0.2, 0.25) is 0 Å².